The van der Waals surface area contributed by atoms with Crippen LogP contribution in [0.2, 0.25) is 0 Å². The predicted molar refractivity (Wildman–Crippen MR) is 163 cm³/mol. The number of hydrogen-bond donors (Lipinski definition) is 2. The molecule has 43 heavy (non-hydrogen) atoms. The summed E-state index contributed by atoms with van der Waals surface area (Å²) in [5.74, 6) is 2.14. The molecular weight excluding hydrogens is 544 g/mol. The molecular formula is C31H34N10O2. The molecule has 0 spiro atoms. The lowest BCUT2D eigenvalue weighted by Crippen LogP contribution is -2.47. The van der Waals surface area contributed by atoms with Crippen LogP contribution >= 0.6 is 0 Å². The first-order chi connectivity index (χ1) is 21.0. The minimum absolute atomic E-state index is 0.0405. The van der Waals surface area contributed by atoms with Gasteiger partial charge in [-0.3, -0.25) is 9.59 Å². The minimum Gasteiger partial charge on any atom is -0.361 e. The predicted octanol–water partition coefficient (Wildman–Crippen LogP) is 2.99. The van der Waals surface area contributed by atoms with Crippen molar-refractivity contribution in [2.45, 2.75) is 25.9 Å². The molecule has 0 atom stereocenters. The molecule has 12 heteroatoms. The first kappa shape index (κ1) is 27.0. The van der Waals surface area contributed by atoms with E-state index in [0.29, 0.717) is 54.4 Å². The van der Waals surface area contributed by atoms with Crippen molar-refractivity contribution in [1.29, 1.82) is 0 Å². The summed E-state index contributed by atoms with van der Waals surface area (Å²) in [6.45, 7) is 5.61. The third kappa shape index (κ3) is 5.53. The van der Waals surface area contributed by atoms with Crippen molar-refractivity contribution in [3.63, 3.8) is 0 Å². The number of H-pyrrole nitrogens is 1. The number of aromatic amines is 1. The maximum atomic E-state index is 13.1. The number of hydrogen-bond acceptors (Lipinski definition) is 8. The zero-order chi connectivity index (χ0) is 29.3. The highest BCUT2D eigenvalue weighted by Crippen LogP contribution is 2.26. The Bertz CT molecular complexity index is 1750. The average Bonchev–Trinajstić information content (AvgIpc) is 3.76. The van der Waals surface area contributed by atoms with Gasteiger partial charge in [-0.15, -0.1) is 0 Å². The van der Waals surface area contributed by atoms with Crippen molar-refractivity contribution < 1.29 is 9.59 Å². The monoisotopic (exact) mass is 578 g/mol. The van der Waals surface area contributed by atoms with E-state index in [1.165, 1.54) is 0 Å². The maximum absolute atomic E-state index is 13.1. The van der Waals surface area contributed by atoms with E-state index < -0.39 is 0 Å². The van der Waals surface area contributed by atoms with E-state index in [1.807, 2.05) is 62.9 Å². The standard InChI is InChI=1S/C31H34N10O2/c1-38-13-15-40(16-14-38)31(43)22-10-8-21(9-11-22)28-36-29(32-19-25-34-23-5-2-3-6-24(23)35-25)27-30(37-28)41(20-33-27)18-17-39-12-4-7-26(39)42/h2-3,5-6,8-11,20H,4,7,12-19H2,1H3,(H,34,35)(H,32,36,37). The number of nitrogens with zero attached hydrogens (tertiary/aromatic N) is 8. The highest BCUT2D eigenvalue weighted by molar-refractivity contribution is 5.95. The number of anilines is 1. The largest absolute Gasteiger partial charge is 0.361 e. The number of carbonyl (C=O) groups is 2. The van der Waals surface area contributed by atoms with Gasteiger partial charge in [-0.1, -0.05) is 24.3 Å². The Morgan fingerprint density at radius 1 is 0.953 bits per heavy atom. The van der Waals surface area contributed by atoms with Gasteiger partial charge in [0.2, 0.25) is 5.91 Å². The summed E-state index contributed by atoms with van der Waals surface area (Å²) in [7, 11) is 2.07. The molecule has 2 saturated heterocycles. The average molecular weight is 579 g/mol. The van der Waals surface area contributed by atoms with Crippen molar-refractivity contribution in [3.05, 3.63) is 66.2 Å². The second-order valence-electron chi connectivity index (χ2n) is 11.2. The molecule has 5 aromatic rings. The summed E-state index contributed by atoms with van der Waals surface area (Å²) in [6.07, 6.45) is 3.27. The molecule has 2 N–H and O–H groups in total. The van der Waals surface area contributed by atoms with Crippen molar-refractivity contribution in [1.82, 2.24) is 44.2 Å². The Morgan fingerprint density at radius 2 is 1.77 bits per heavy atom. The fraction of sp³-hybridized carbons (Fsp3) is 0.355. The number of amides is 2. The molecule has 5 heterocycles. The third-order valence-corrected chi connectivity index (χ3v) is 8.29. The van der Waals surface area contributed by atoms with Crippen LogP contribution in [0.5, 0.6) is 0 Å². The number of benzene rings is 2. The fourth-order valence-electron chi connectivity index (χ4n) is 5.74. The van der Waals surface area contributed by atoms with Crippen LogP contribution in [0.25, 0.3) is 33.6 Å². The fourth-order valence-corrected chi connectivity index (χ4v) is 5.74. The van der Waals surface area contributed by atoms with Gasteiger partial charge >= 0.3 is 0 Å². The highest BCUT2D eigenvalue weighted by atomic mass is 16.2. The van der Waals surface area contributed by atoms with Crippen molar-refractivity contribution in [2.24, 2.45) is 0 Å². The zero-order valence-corrected chi connectivity index (χ0v) is 24.2. The van der Waals surface area contributed by atoms with E-state index in [1.54, 1.807) is 6.33 Å². The number of nitrogens with one attached hydrogen (secondary N) is 2. The smallest absolute Gasteiger partial charge is 0.253 e. The molecule has 220 valence electrons. The van der Waals surface area contributed by atoms with Crippen LogP contribution < -0.4 is 5.32 Å². The maximum Gasteiger partial charge on any atom is 0.253 e. The number of likely N-dealkylation sites (tertiary alicyclic amines) is 1. The number of para-hydroxylation sites is 2. The zero-order valence-electron chi connectivity index (χ0n) is 24.2. The first-order valence-electron chi connectivity index (χ1n) is 14.8. The minimum atomic E-state index is 0.0405. The third-order valence-electron chi connectivity index (χ3n) is 8.29. The quantitative estimate of drug-likeness (QED) is 0.288. The topological polar surface area (TPSA) is 128 Å². The number of fused-ring (bicyclic) bond motifs is 2. The Morgan fingerprint density at radius 3 is 2.53 bits per heavy atom. The van der Waals surface area contributed by atoms with E-state index in [9.17, 15) is 9.59 Å². The van der Waals surface area contributed by atoms with Gasteiger partial charge in [-0.2, -0.15) is 0 Å². The SMILES string of the molecule is CN1CCN(C(=O)c2ccc(-c3nc(NCc4nc5ccccc5[nH]4)c4ncn(CCN5CCCC5=O)c4n3)cc2)CC1. The summed E-state index contributed by atoms with van der Waals surface area (Å²) >= 11 is 0. The van der Waals surface area contributed by atoms with E-state index in [2.05, 4.69) is 32.2 Å². The molecule has 2 aromatic carbocycles. The molecule has 2 aliphatic heterocycles. The van der Waals surface area contributed by atoms with Crippen LogP contribution in [0.3, 0.4) is 0 Å². The molecule has 0 radical (unpaired) electrons. The lowest BCUT2D eigenvalue weighted by atomic mass is 10.1. The summed E-state index contributed by atoms with van der Waals surface area (Å²) in [6, 6.07) is 15.4. The molecule has 2 fully saturated rings. The van der Waals surface area contributed by atoms with Crippen molar-refractivity contribution >= 4 is 39.8 Å². The van der Waals surface area contributed by atoms with E-state index in [4.69, 9.17) is 9.97 Å². The molecule has 0 bridgehead atoms. The molecule has 12 nitrogen and oxygen atoms in total. The van der Waals surface area contributed by atoms with Crippen LogP contribution in [0.1, 0.15) is 29.0 Å². The first-order valence-corrected chi connectivity index (χ1v) is 14.8. The number of aromatic nitrogens is 6. The lowest BCUT2D eigenvalue weighted by molar-refractivity contribution is -0.127. The Balaban J connectivity index is 1.18. The van der Waals surface area contributed by atoms with Crippen LogP contribution in [0, 0.1) is 0 Å². The van der Waals surface area contributed by atoms with Crippen molar-refractivity contribution in [2.75, 3.05) is 51.6 Å². The summed E-state index contributed by atoms with van der Waals surface area (Å²) in [4.78, 5) is 53.8. The number of rotatable bonds is 8. The van der Waals surface area contributed by atoms with Gasteiger partial charge in [0.15, 0.2) is 17.3 Å². The highest BCUT2D eigenvalue weighted by Gasteiger charge is 2.22. The molecule has 0 aliphatic carbocycles. The Hall–Kier alpha value is -4.84. The molecule has 7 rings (SSSR count). The Labute approximate surface area is 248 Å². The van der Waals surface area contributed by atoms with E-state index in [0.717, 1.165) is 61.6 Å². The summed E-state index contributed by atoms with van der Waals surface area (Å²) in [5, 5.41) is 3.42. The number of carbonyl (C=O) groups excluding carboxylic acids is 2. The number of imidazole rings is 2. The van der Waals surface area contributed by atoms with Crippen LogP contribution in [0.15, 0.2) is 54.9 Å². The second-order valence-corrected chi connectivity index (χ2v) is 11.2. The van der Waals surface area contributed by atoms with Gasteiger partial charge in [0.25, 0.3) is 5.91 Å². The van der Waals surface area contributed by atoms with Gasteiger partial charge in [-0.25, -0.2) is 19.9 Å². The van der Waals surface area contributed by atoms with Gasteiger partial charge in [0.05, 0.1) is 23.9 Å². The molecule has 2 amide bonds. The van der Waals surface area contributed by atoms with Gasteiger partial charge in [0, 0.05) is 63.4 Å². The second kappa shape index (κ2) is 11.4. The van der Waals surface area contributed by atoms with Crippen molar-refractivity contribution in [3.8, 4) is 11.4 Å². The number of likely N-dealkylation sites (N-methyl/N-ethyl adjacent to an activating group) is 1. The normalized spacial score (nSPS) is 16.1. The summed E-state index contributed by atoms with van der Waals surface area (Å²) < 4.78 is 1.98. The Kier molecular flexibility index (Phi) is 7.19. The van der Waals surface area contributed by atoms with Gasteiger partial charge in [-0.05, 0) is 37.7 Å². The number of piperazine rings is 1. The van der Waals surface area contributed by atoms with Gasteiger partial charge < -0.3 is 29.6 Å². The van der Waals surface area contributed by atoms with Crippen LogP contribution in [-0.2, 0) is 17.9 Å². The van der Waals surface area contributed by atoms with Crippen LogP contribution in [-0.4, -0.2) is 102 Å². The lowest BCUT2D eigenvalue weighted by Gasteiger charge is -2.32. The van der Waals surface area contributed by atoms with Crippen LogP contribution in [0.4, 0.5) is 5.82 Å². The van der Waals surface area contributed by atoms with Gasteiger partial charge in [0.1, 0.15) is 11.3 Å². The molecule has 0 saturated carbocycles. The van der Waals surface area contributed by atoms with E-state index >= 15 is 0 Å². The summed E-state index contributed by atoms with van der Waals surface area (Å²) in [5.41, 5.74) is 4.65. The molecule has 3 aromatic heterocycles. The molecule has 2 aliphatic rings. The molecule has 0 unspecified atom stereocenters. The van der Waals surface area contributed by atoms with E-state index in [-0.39, 0.29) is 11.8 Å².